The first-order valence-electron chi connectivity index (χ1n) is 9.64. The molecule has 0 aliphatic carbocycles. The van der Waals surface area contributed by atoms with Gasteiger partial charge in [0, 0.05) is 32.6 Å². The number of carbonyl (C=O) groups excluding carboxylic acids is 2. The third kappa shape index (κ3) is 3.29. The topological polar surface area (TPSA) is 80.3 Å². The highest BCUT2D eigenvalue weighted by Gasteiger charge is 2.59. The van der Waals surface area contributed by atoms with Gasteiger partial charge < -0.3 is 23.7 Å². The minimum absolute atomic E-state index is 0.279. The van der Waals surface area contributed by atoms with Gasteiger partial charge in [-0.1, -0.05) is 20.4 Å². The molecule has 0 aromatic carbocycles. The summed E-state index contributed by atoms with van der Waals surface area (Å²) in [6.45, 7) is 11.3. The average Bonchev–Trinajstić information content (AvgIpc) is 3.08. The number of esters is 2. The minimum Gasteiger partial charge on any atom is -0.461 e. The van der Waals surface area contributed by atoms with E-state index in [2.05, 4.69) is 6.58 Å². The van der Waals surface area contributed by atoms with Crippen molar-refractivity contribution in [2.75, 3.05) is 14.2 Å². The van der Waals surface area contributed by atoms with Crippen molar-refractivity contribution < 1.29 is 33.3 Å². The van der Waals surface area contributed by atoms with E-state index in [0.29, 0.717) is 18.4 Å². The predicted octanol–water partition coefficient (Wildman–Crippen LogP) is 2.54. The lowest BCUT2D eigenvalue weighted by Crippen LogP contribution is -2.45. The maximum atomic E-state index is 12.4. The van der Waals surface area contributed by atoms with Crippen LogP contribution in [0.1, 0.15) is 40.5 Å². The first-order valence-corrected chi connectivity index (χ1v) is 9.64. The van der Waals surface area contributed by atoms with E-state index in [4.69, 9.17) is 23.7 Å². The molecule has 0 amide bonds. The molecular weight excluding hydrogens is 364 g/mol. The fourth-order valence-electron chi connectivity index (χ4n) is 4.46. The standard InChI is InChI=1S/C21H30O7/c1-11(2)18(22)27-15-9-20(5)16(24-6)10-21(25-7,28-20)12(3)8-14-17(15)13(4)19(23)26-14/h8,11,14-17H,4,9-10H2,1-3,5-7H3. The minimum atomic E-state index is -0.993. The normalized spacial score (nSPS) is 40.3. The van der Waals surface area contributed by atoms with Crippen LogP contribution < -0.4 is 0 Å². The first-order chi connectivity index (χ1) is 13.1. The molecule has 2 saturated heterocycles. The molecule has 0 N–H and O–H groups in total. The van der Waals surface area contributed by atoms with Gasteiger partial charge in [0.25, 0.3) is 0 Å². The molecule has 3 rings (SSSR count). The Bertz CT molecular complexity index is 712. The molecule has 0 aromatic heterocycles. The second-order valence-corrected chi connectivity index (χ2v) is 8.41. The van der Waals surface area contributed by atoms with Gasteiger partial charge in [0.05, 0.1) is 23.5 Å². The summed E-state index contributed by atoms with van der Waals surface area (Å²) < 4.78 is 29.3. The third-order valence-corrected chi connectivity index (χ3v) is 6.17. The van der Waals surface area contributed by atoms with Crippen LogP contribution in [-0.2, 0) is 33.3 Å². The first kappa shape index (κ1) is 21.0. The Morgan fingerprint density at radius 1 is 1.32 bits per heavy atom. The smallest absolute Gasteiger partial charge is 0.334 e. The van der Waals surface area contributed by atoms with Gasteiger partial charge in [-0.05, 0) is 25.5 Å². The van der Waals surface area contributed by atoms with Crippen LogP contribution in [0.5, 0.6) is 0 Å². The van der Waals surface area contributed by atoms with Crippen LogP contribution in [-0.4, -0.2) is 55.9 Å². The lowest BCUT2D eigenvalue weighted by atomic mass is 9.80. The average molecular weight is 394 g/mol. The van der Waals surface area contributed by atoms with Gasteiger partial charge in [-0.15, -0.1) is 0 Å². The van der Waals surface area contributed by atoms with Crippen molar-refractivity contribution in [3.05, 3.63) is 23.8 Å². The molecule has 0 radical (unpaired) electrons. The Morgan fingerprint density at radius 2 is 2.00 bits per heavy atom. The molecule has 2 fully saturated rings. The predicted molar refractivity (Wildman–Crippen MR) is 100 cm³/mol. The molecule has 156 valence electrons. The van der Waals surface area contributed by atoms with E-state index >= 15 is 0 Å². The van der Waals surface area contributed by atoms with E-state index in [1.165, 1.54) is 0 Å². The molecule has 6 unspecified atom stereocenters. The molecule has 3 heterocycles. The second kappa shape index (κ2) is 7.28. The summed E-state index contributed by atoms with van der Waals surface area (Å²) >= 11 is 0. The highest BCUT2D eigenvalue weighted by molar-refractivity contribution is 5.91. The largest absolute Gasteiger partial charge is 0.461 e. The molecule has 28 heavy (non-hydrogen) atoms. The lowest BCUT2D eigenvalue weighted by molar-refractivity contribution is -0.223. The van der Waals surface area contributed by atoms with Crippen LogP contribution in [0, 0.1) is 11.8 Å². The Balaban J connectivity index is 2.10. The third-order valence-electron chi connectivity index (χ3n) is 6.17. The molecular formula is C21H30O7. The van der Waals surface area contributed by atoms with Crippen molar-refractivity contribution in [2.24, 2.45) is 11.8 Å². The van der Waals surface area contributed by atoms with Crippen molar-refractivity contribution in [1.82, 2.24) is 0 Å². The fraction of sp³-hybridized carbons (Fsp3) is 0.714. The molecule has 0 aromatic rings. The number of methoxy groups -OCH3 is 2. The summed E-state index contributed by atoms with van der Waals surface area (Å²) in [7, 11) is 3.21. The van der Waals surface area contributed by atoms with Crippen LogP contribution in [0.25, 0.3) is 0 Å². The number of hydrogen-bond acceptors (Lipinski definition) is 7. The maximum Gasteiger partial charge on any atom is 0.334 e. The highest BCUT2D eigenvalue weighted by atomic mass is 16.7. The number of ether oxygens (including phenoxy) is 5. The molecule has 0 spiro atoms. The molecule has 2 bridgehead atoms. The SMILES string of the molecule is C=C1C(=O)OC2C=C(C)C3(OC)CC(OC)C(C)(CC(OC(=O)C(C)C)C12)O3. The monoisotopic (exact) mass is 394 g/mol. The lowest BCUT2D eigenvalue weighted by Gasteiger charge is -2.36. The van der Waals surface area contributed by atoms with Gasteiger partial charge in [0.15, 0.2) is 5.79 Å². The van der Waals surface area contributed by atoms with Crippen LogP contribution in [0.4, 0.5) is 0 Å². The number of rotatable bonds is 4. The summed E-state index contributed by atoms with van der Waals surface area (Å²) in [5, 5.41) is 0. The van der Waals surface area contributed by atoms with Crippen molar-refractivity contribution >= 4 is 11.9 Å². The Kier molecular flexibility index (Phi) is 5.47. The van der Waals surface area contributed by atoms with Gasteiger partial charge in [-0.25, -0.2) is 4.79 Å². The van der Waals surface area contributed by atoms with E-state index in [1.807, 2.05) is 19.9 Å². The van der Waals surface area contributed by atoms with E-state index in [-0.39, 0.29) is 18.0 Å². The van der Waals surface area contributed by atoms with Crippen LogP contribution in [0.15, 0.2) is 23.8 Å². The Hall–Kier alpha value is -1.70. The Labute approximate surface area is 166 Å². The zero-order valence-electron chi connectivity index (χ0n) is 17.4. The summed E-state index contributed by atoms with van der Waals surface area (Å²) in [6.07, 6.45) is 1.12. The quantitative estimate of drug-likeness (QED) is 0.412. The van der Waals surface area contributed by atoms with Gasteiger partial charge in [-0.3, -0.25) is 4.79 Å². The molecule has 7 nitrogen and oxygen atoms in total. The van der Waals surface area contributed by atoms with Crippen molar-refractivity contribution in [1.29, 1.82) is 0 Å². The summed E-state index contributed by atoms with van der Waals surface area (Å²) in [6, 6.07) is 0. The zero-order valence-corrected chi connectivity index (χ0v) is 17.4. The Morgan fingerprint density at radius 3 is 2.57 bits per heavy atom. The fourth-order valence-corrected chi connectivity index (χ4v) is 4.46. The van der Waals surface area contributed by atoms with E-state index in [0.717, 1.165) is 5.57 Å². The van der Waals surface area contributed by atoms with E-state index < -0.39 is 35.5 Å². The number of hydrogen-bond donors (Lipinski definition) is 0. The number of fused-ring (bicyclic) bond motifs is 3. The maximum absolute atomic E-state index is 12.4. The number of carbonyl (C=O) groups is 2. The van der Waals surface area contributed by atoms with Gasteiger partial charge in [-0.2, -0.15) is 0 Å². The van der Waals surface area contributed by atoms with Crippen LogP contribution in [0.3, 0.4) is 0 Å². The van der Waals surface area contributed by atoms with Crippen LogP contribution in [0.2, 0.25) is 0 Å². The highest BCUT2D eigenvalue weighted by Crippen LogP contribution is 2.50. The summed E-state index contributed by atoms with van der Waals surface area (Å²) in [4.78, 5) is 24.7. The van der Waals surface area contributed by atoms with Crippen molar-refractivity contribution in [3.8, 4) is 0 Å². The second-order valence-electron chi connectivity index (χ2n) is 8.41. The summed E-state index contributed by atoms with van der Waals surface area (Å²) in [5.41, 5.74) is 0.300. The zero-order chi connectivity index (χ0) is 20.9. The van der Waals surface area contributed by atoms with Crippen molar-refractivity contribution in [2.45, 2.75) is 70.2 Å². The van der Waals surface area contributed by atoms with Gasteiger partial charge >= 0.3 is 11.9 Å². The van der Waals surface area contributed by atoms with E-state index in [1.54, 1.807) is 28.1 Å². The molecule has 7 heteroatoms. The molecule has 0 saturated carbocycles. The molecule has 3 aliphatic rings. The van der Waals surface area contributed by atoms with E-state index in [9.17, 15) is 9.59 Å². The molecule has 3 aliphatic heterocycles. The van der Waals surface area contributed by atoms with Gasteiger partial charge in [0.1, 0.15) is 12.2 Å². The summed E-state index contributed by atoms with van der Waals surface area (Å²) in [5.74, 6) is -2.60. The van der Waals surface area contributed by atoms with Gasteiger partial charge in [0.2, 0.25) is 0 Å². The van der Waals surface area contributed by atoms with Crippen molar-refractivity contribution in [3.63, 3.8) is 0 Å². The molecule has 6 atom stereocenters. The van der Waals surface area contributed by atoms with Crippen LogP contribution >= 0.6 is 0 Å².